The second-order valence-corrected chi connectivity index (χ2v) is 12.8. The molecule has 0 fully saturated rings. The molecule has 0 aromatic heterocycles. The number of rotatable bonds is 10. The van der Waals surface area contributed by atoms with E-state index in [1.807, 2.05) is 0 Å². The van der Waals surface area contributed by atoms with E-state index in [1.54, 1.807) is 5.19 Å². The van der Waals surface area contributed by atoms with Crippen molar-refractivity contribution in [3.8, 4) is 0 Å². The lowest BCUT2D eigenvalue weighted by Gasteiger charge is -2.23. The minimum absolute atomic E-state index is 1.09. The van der Waals surface area contributed by atoms with Gasteiger partial charge in [-0.15, -0.1) is 0 Å². The zero-order chi connectivity index (χ0) is 18.1. The van der Waals surface area contributed by atoms with E-state index in [4.69, 9.17) is 0 Å². The molecular weight excluding hydrogens is 318 g/mol. The summed E-state index contributed by atoms with van der Waals surface area (Å²) in [5, 5.41) is 5.08. The quantitative estimate of drug-likeness (QED) is 0.463. The number of benzene rings is 2. The van der Waals surface area contributed by atoms with Crippen LogP contribution in [0.2, 0.25) is 19.1 Å². The van der Waals surface area contributed by atoms with Crippen molar-refractivity contribution < 1.29 is 0 Å². The van der Waals surface area contributed by atoms with Crippen LogP contribution < -0.4 is 10.5 Å². The summed E-state index contributed by atoms with van der Waals surface area (Å²) >= 11 is 0. The second kappa shape index (κ2) is 9.93. The zero-order valence-corrected chi connectivity index (χ0v) is 17.6. The first-order chi connectivity index (χ1) is 12.0. The predicted molar refractivity (Wildman–Crippen MR) is 115 cm³/mol. The molecule has 1 N–H and O–H groups in total. The Bertz CT molecular complexity index is 614. The van der Waals surface area contributed by atoms with Gasteiger partial charge >= 0.3 is 0 Å². The number of aryl methyl sites for hydroxylation is 2. The fourth-order valence-electron chi connectivity index (χ4n) is 3.29. The Hall–Kier alpha value is -1.38. The maximum absolute atomic E-state index is 3.48. The molecule has 0 saturated carbocycles. The molecule has 2 aromatic carbocycles. The van der Waals surface area contributed by atoms with Crippen molar-refractivity contribution in [2.45, 2.75) is 58.7 Å². The molecule has 0 spiro atoms. The van der Waals surface area contributed by atoms with E-state index in [9.17, 15) is 0 Å². The SMILES string of the molecule is CCCNCCc1ccc([Si](C)(C)CCCc2ccc(C)cc2)cc1. The highest BCUT2D eigenvalue weighted by Crippen LogP contribution is 2.16. The van der Waals surface area contributed by atoms with Gasteiger partial charge in [0, 0.05) is 0 Å². The third-order valence-electron chi connectivity index (χ3n) is 5.14. The molecule has 0 bridgehead atoms. The van der Waals surface area contributed by atoms with E-state index in [0.29, 0.717) is 0 Å². The lowest BCUT2D eigenvalue weighted by molar-refractivity contribution is 0.671. The fraction of sp³-hybridized carbons (Fsp3) is 0.478. The van der Waals surface area contributed by atoms with E-state index in [-0.39, 0.29) is 0 Å². The Morgan fingerprint density at radius 3 is 2.04 bits per heavy atom. The summed E-state index contributed by atoms with van der Waals surface area (Å²) in [6, 6.07) is 19.9. The second-order valence-electron chi connectivity index (χ2n) is 7.92. The fourth-order valence-corrected chi connectivity index (χ4v) is 5.71. The molecule has 0 aliphatic rings. The van der Waals surface area contributed by atoms with Gasteiger partial charge in [0.25, 0.3) is 0 Å². The van der Waals surface area contributed by atoms with Crippen LogP contribution in [0.25, 0.3) is 0 Å². The molecule has 0 unspecified atom stereocenters. The third-order valence-corrected chi connectivity index (χ3v) is 8.64. The molecule has 0 radical (unpaired) electrons. The Labute approximate surface area is 155 Å². The van der Waals surface area contributed by atoms with Crippen LogP contribution in [0.4, 0.5) is 0 Å². The molecule has 0 heterocycles. The molecule has 25 heavy (non-hydrogen) atoms. The van der Waals surface area contributed by atoms with Crippen molar-refractivity contribution in [2.24, 2.45) is 0 Å². The summed E-state index contributed by atoms with van der Waals surface area (Å²) in [7, 11) is -1.33. The minimum atomic E-state index is -1.33. The van der Waals surface area contributed by atoms with E-state index < -0.39 is 8.07 Å². The van der Waals surface area contributed by atoms with Gasteiger partial charge in [0.05, 0.1) is 8.07 Å². The van der Waals surface area contributed by atoms with Crippen molar-refractivity contribution >= 4 is 13.3 Å². The lowest BCUT2D eigenvalue weighted by atomic mass is 10.1. The van der Waals surface area contributed by atoms with E-state index in [1.165, 1.54) is 42.0 Å². The highest BCUT2D eigenvalue weighted by molar-refractivity contribution is 6.89. The number of hydrogen-bond acceptors (Lipinski definition) is 1. The summed E-state index contributed by atoms with van der Waals surface area (Å²) in [5.74, 6) is 0. The maximum Gasteiger partial charge on any atom is 0.0806 e. The standard InChI is InChI=1S/C23H35NSi/c1-5-17-24-18-16-22-12-14-23(15-13-22)25(3,4)19-6-7-21-10-8-20(2)9-11-21/h8-15,24H,5-7,16-19H2,1-4H3. The first kappa shape index (κ1) is 19.9. The van der Waals surface area contributed by atoms with Gasteiger partial charge in [0.2, 0.25) is 0 Å². The molecule has 0 aliphatic carbocycles. The van der Waals surface area contributed by atoms with Gasteiger partial charge in [0.1, 0.15) is 0 Å². The van der Waals surface area contributed by atoms with Crippen LogP contribution in [0.3, 0.4) is 0 Å². The maximum atomic E-state index is 3.48. The van der Waals surface area contributed by atoms with Crippen molar-refractivity contribution in [3.63, 3.8) is 0 Å². The van der Waals surface area contributed by atoms with Crippen LogP contribution in [-0.4, -0.2) is 21.2 Å². The van der Waals surface area contributed by atoms with Gasteiger partial charge in [0.15, 0.2) is 0 Å². The summed E-state index contributed by atoms with van der Waals surface area (Å²) in [6.45, 7) is 11.6. The van der Waals surface area contributed by atoms with Crippen LogP contribution >= 0.6 is 0 Å². The predicted octanol–water partition coefficient (Wildman–Crippen LogP) is 5.09. The third kappa shape index (κ3) is 6.79. The molecule has 0 amide bonds. The molecule has 2 aromatic rings. The molecule has 0 atom stereocenters. The van der Waals surface area contributed by atoms with E-state index in [2.05, 4.69) is 80.8 Å². The van der Waals surface area contributed by atoms with Gasteiger partial charge in [-0.05, 0) is 50.4 Å². The van der Waals surface area contributed by atoms with Crippen molar-refractivity contribution in [2.75, 3.05) is 13.1 Å². The average Bonchev–Trinajstić information content (AvgIpc) is 2.61. The molecule has 2 heteroatoms. The van der Waals surface area contributed by atoms with Crippen LogP contribution in [0.15, 0.2) is 48.5 Å². The summed E-state index contributed by atoms with van der Waals surface area (Å²) in [6.07, 6.45) is 4.85. The van der Waals surface area contributed by atoms with E-state index >= 15 is 0 Å². The minimum Gasteiger partial charge on any atom is -0.316 e. The largest absolute Gasteiger partial charge is 0.316 e. The van der Waals surface area contributed by atoms with Crippen LogP contribution in [0, 0.1) is 6.92 Å². The first-order valence-electron chi connectivity index (χ1n) is 9.87. The summed E-state index contributed by atoms with van der Waals surface area (Å²) in [5.41, 5.74) is 4.28. The molecule has 0 saturated heterocycles. The lowest BCUT2D eigenvalue weighted by Crippen LogP contribution is -2.41. The highest BCUT2D eigenvalue weighted by atomic mass is 28.3. The highest BCUT2D eigenvalue weighted by Gasteiger charge is 2.22. The van der Waals surface area contributed by atoms with Crippen molar-refractivity contribution in [1.82, 2.24) is 5.32 Å². The zero-order valence-electron chi connectivity index (χ0n) is 16.6. The van der Waals surface area contributed by atoms with Crippen LogP contribution in [0.5, 0.6) is 0 Å². The Balaban J connectivity index is 1.82. The number of nitrogens with one attached hydrogen (secondary N) is 1. The van der Waals surface area contributed by atoms with Gasteiger partial charge in [-0.25, -0.2) is 0 Å². The van der Waals surface area contributed by atoms with Crippen LogP contribution in [-0.2, 0) is 12.8 Å². The molecule has 136 valence electrons. The smallest absolute Gasteiger partial charge is 0.0806 e. The van der Waals surface area contributed by atoms with Gasteiger partial charge in [-0.1, -0.05) is 91.8 Å². The topological polar surface area (TPSA) is 12.0 Å². The van der Waals surface area contributed by atoms with Crippen molar-refractivity contribution in [3.05, 3.63) is 65.2 Å². The van der Waals surface area contributed by atoms with Gasteiger partial charge < -0.3 is 5.32 Å². The van der Waals surface area contributed by atoms with E-state index in [0.717, 1.165) is 19.5 Å². The number of hydrogen-bond donors (Lipinski definition) is 1. The van der Waals surface area contributed by atoms with Crippen LogP contribution in [0.1, 0.15) is 36.5 Å². The summed E-state index contributed by atoms with van der Waals surface area (Å²) in [4.78, 5) is 0. The molecular formula is C23H35NSi. The Morgan fingerprint density at radius 1 is 0.800 bits per heavy atom. The van der Waals surface area contributed by atoms with Crippen molar-refractivity contribution in [1.29, 1.82) is 0 Å². The Morgan fingerprint density at radius 2 is 1.40 bits per heavy atom. The summed E-state index contributed by atoms with van der Waals surface area (Å²) < 4.78 is 0. The van der Waals surface area contributed by atoms with Gasteiger partial charge in [-0.3, -0.25) is 0 Å². The van der Waals surface area contributed by atoms with Gasteiger partial charge in [-0.2, -0.15) is 0 Å². The average molecular weight is 354 g/mol. The first-order valence-corrected chi connectivity index (χ1v) is 13.1. The molecule has 2 rings (SSSR count). The normalized spacial score (nSPS) is 11.7. The molecule has 1 nitrogen and oxygen atoms in total. The monoisotopic (exact) mass is 353 g/mol. The molecule has 0 aliphatic heterocycles. The Kier molecular flexibility index (Phi) is 7.92.